The number of hydrogen-bond donors (Lipinski definition) is 1. The van der Waals surface area contributed by atoms with Crippen LogP contribution in [0.4, 0.5) is 22.0 Å². The zero-order valence-corrected chi connectivity index (χ0v) is 22.5. The van der Waals surface area contributed by atoms with Gasteiger partial charge in [0.1, 0.15) is 17.2 Å². The van der Waals surface area contributed by atoms with Gasteiger partial charge in [0, 0.05) is 23.6 Å². The molecule has 0 fully saturated rings. The summed E-state index contributed by atoms with van der Waals surface area (Å²) in [5, 5.41) is 0. The molecule has 0 saturated heterocycles. The van der Waals surface area contributed by atoms with Crippen molar-refractivity contribution in [3.8, 4) is 17.2 Å². The molecule has 1 unspecified atom stereocenters. The lowest BCUT2D eigenvalue weighted by Gasteiger charge is -2.30. The highest BCUT2D eigenvalue weighted by atomic mass is 32.1. The Morgan fingerprint density at radius 1 is 0.952 bits per heavy atom. The van der Waals surface area contributed by atoms with Crippen LogP contribution in [0.2, 0.25) is 0 Å². The predicted octanol–water partition coefficient (Wildman–Crippen LogP) is 6.62. The minimum absolute atomic E-state index is 0.0245. The molecule has 0 bridgehead atoms. The van der Waals surface area contributed by atoms with Crippen molar-refractivity contribution in [3.05, 3.63) is 98.7 Å². The SMILES string of the molecule is CC(F)(F)CN1C(=O)C2=C(C(c3cccc4[nH]c(=O)sc34)=NC2)C1c1ccc(Oc2ccc(OC(F)(F)F)cc2)cc1. The maximum atomic E-state index is 14.3. The number of nitrogens with zero attached hydrogens (tertiary/aromatic N) is 2. The number of aromatic nitrogens is 1. The average molecular weight is 602 g/mol. The number of halogens is 5. The summed E-state index contributed by atoms with van der Waals surface area (Å²) in [4.78, 5) is 33.7. The molecular weight excluding hydrogens is 581 g/mol. The van der Waals surface area contributed by atoms with E-state index in [0.717, 1.165) is 35.3 Å². The smallest absolute Gasteiger partial charge is 0.457 e. The lowest BCUT2D eigenvalue weighted by molar-refractivity contribution is -0.274. The number of thiazole rings is 1. The molecule has 1 atom stereocenters. The van der Waals surface area contributed by atoms with Crippen molar-refractivity contribution in [2.24, 2.45) is 4.99 Å². The Labute approximate surface area is 238 Å². The molecule has 42 heavy (non-hydrogen) atoms. The summed E-state index contributed by atoms with van der Waals surface area (Å²) in [5.74, 6) is -3.53. The fourth-order valence-corrected chi connectivity index (χ4v) is 6.01. The fraction of sp³-hybridized carbons (Fsp3) is 0.207. The maximum absolute atomic E-state index is 14.3. The van der Waals surface area contributed by atoms with Gasteiger partial charge in [0.2, 0.25) is 0 Å². The lowest BCUT2D eigenvalue weighted by atomic mass is 9.91. The van der Waals surface area contributed by atoms with Crippen LogP contribution in [0.15, 0.2) is 87.7 Å². The van der Waals surface area contributed by atoms with Gasteiger partial charge in [0.25, 0.3) is 11.8 Å². The molecule has 7 nitrogen and oxygen atoms in total. The molecule has 0 spiro atoms. The third-order valence-electron chi connectivity index (χ3n) is 6.72. The van der Waals surface area contributed by atoms with Crippen LogP contribution in [0, 0.1) is 0 Å². The van der Waals surface area contributed by atoms with E-state index in [1.165, 1.54) is 12.1 Å². The topological polar surface area (TPSA) is 84.0 Å². The average Bonchev–Trinajstić information content (AvgIpc) is 3.57. The standard InChI is InChI=1S/C29H20F5N3O4S/c1-28(30,31)14-37-24(15-5-7-16(8-6-15)40-17-9-11-18(12-10-17)41-29(32,33)34)22-20(26(37)38)13-35-23(22)19-3-2-4-21-25(19)42-27(39)36-21/h2-12,24H,13-14H2,1H3,(H,36,39). The number of carbonyl (C=O) groups excluding carboxylic acids is 1. The number of hydrogen-bond acceptors (Lipinski definition) is 6. The number of benzene rings is 3. The van der Waals surface area contributed by atoms with E-state index < -0.39 is 36.5 Å². The first-order valence-electron chi connectivity index (χ1n) is 12.6. The number of alkyl halides is 5. The summed E-state index contributed by atoms with van der Waals surface area (Å²) in [6, 6.07) is 15.7. The van der Waals surface area contributed by atoms with Crippen LogP contribution >= 0.6 is 11.3 Å². The number of amides is 1. The molecule has 0 aliphatic carbocycles. The minimum Gasteiger partial charge on any atom is -0.457 e. The van der Waals surface area contributed by atoms with E-state index in [0.29, 0.717) is 44.0 Å². The molecule has 2 aliphatic heterocycles. The second kappa shape index (κ2) is 10.1. The molecule has 4 aromatic rings. The Bertz CT molecular complexity index is 1800. The molecule has 0 saturated carbocycles. The number of H-pyrrole nitrogens is 1. The third kappa shape index (κ3) is 5.39. The van der Waals surface area contributed by atoms with Crippen LogP contribution in [-0.4, -0.2) is 46.9 Å². The molecule has 216 valence electrons. The molecule has 3 aromatic carbocycles. The zero-order chi connectivity index (χ0) is 29.8. The predicted molar refractivity (Wildman–Crippen MR) is 146 cm³/mol. The van der Waals surface area contributed by atoms with Crippen LogP contribution in [0.3, 0.4) is 0 Å². The van der Waals surface area contributed by atoms with E-state index in [-0.39, 0.29) is 17.2 Å². The summed E-state index contributed by atoms with van der Waals surface area (Å²) in [6.07, 6.45) is -4.82. The van der Waals surface area contributed by atoms with Gasteiger partial charge in [-0.1, -0.05) is 35.6 Å². The Kier molecular flexibility index (Phi) is 6.64. The molecular formula is C29H20F5N3O4S. The summed E-state index contributed by atoms with van der Waals surface area (Å²) < 4.78 is 76.1. The van der Waals surface area contributed by atoms with Crippen molar-refractivity contribution in [1.82, 2.24) is 9.88 Å². The zero-order valence-electron chi connectivity index (χ0n) is 21.7. The number of fused-ring (bicyclic) bond motifs is 1. The van der Waals surface area contributed by atoms with E-state index in [4.69, 9.17) is 4.74 Å². The Balaban J connectivity index is 1.33. The van der Waals surface area contributed by atoms with Crippen molar-refractivity contribution in [2.45, 2.75) is 25.3 Å². The van der Waals surface area contributed by atoms with E-state index >= 15 is 0 Å². The molecule has 1 aromatic heterocycles. The van der Waals surface area contributed by atoms with Crippen molar-refractivity contribution in [3.63, 3.8) is 0 Å². The van der Waals surface area contributed by atoms with Crippen molar-refractivity contribution < 1.29 is 36.2 Å². The first kappa shape index (κ1) is 27.6. The van der Waals surface area contributed by atoms with Crippen molar-refractivity contribution in [1.29, 1.82) is 0 Å². The molecule has 2 aliphatic rings. The van der Waals surface area contributed by atoms with Crippen LogP contribution in [0.5, 0.6) is 17.2 Å². The van der Waals surface area contributed by atoms with E-state index in [9.17, 15) is 31.5 Å². The van der Waals surface area contributed by atoms with Crippen LogP contribution in [0.25, 0.3) is 10.2 Å². The first-order chi connectivity index (χ1) is 19.9. The Morgan fingerprint density at radius 3 is 2.24 bits per heavy atom. The summed E-state index contributed by atoms with van der Waals surface area (Å²) in [5.41, 5.74) is 3.06. The summed E-state index contributed by atoms with van der Waals surface area (Å²) >= 11 is 1.00. The largest absolute Gasteiger partial charge is 0.573 e. The first-order valence-corrected chi connectivity index (χ1v) is 13.4. The molecule has 1 amide bonds. The van der Waals surface area contributed by atoms with E-state index in [1.807, 2.05) is 0 Å². The quantitative estimate of drug-likeness (QED) is 0.242. The highest BCUT2D eigenvalue weighted by Crippen LogP contribution is 2.45. The minimum atomic E-state index is -4.82. The number of ether oxygens (including phenoxy) is 2. The van der Waals surface area contributed by atoms with Crippen LogP contribution in [-0.2, 0) is 4.79 Å². The third-order valence-corrected chi connectivity index (χ3v) is 7.65. The van der Waals surface area contributed by atoms with Gasteiger partial charge in [0.15, 0.2) is 0 Å². The van der Waals surface area contributed by atoms with E-state index in [2.05, 4.69) is 14.7 Å². The van der Waals surface area contributed by atoms with Gasteiger partial charge in [-0.15, -0.1) is 13.2 Å². The molecule has 6 rings (SSSR count). The molecule has 1 N–H and O–H groups in total. The lowest BCUT2D eigenvalue weighted by Crippen LogP contribution is -2.40. The second-order valence-electron chi connectivity index (χ2n) is 9.85. The van der Waals surface area contributed by atoms with Crippen LogP contribution < -0.4 is 14.3 Å². The van der Waals surface area contributed by atoms with Gasteiger partial charge in [0.05, 0.1) is 35.1 Å². The normalized spacial score (nSPS) is 17.2. The Morgan fingerprint density at radius 2 is 1.60 bits per heavy atom. The monoisotopic (exact) mass is 601 g/mol. The highest BCUT2D eigenvalue weighted by Gasteiger charge is 2.47. The number of aromatic amines is 1. The van der Waals surface area contributed by atoms with Gasteiger partial charge in [-0.3, -0.25) is 14.6 Å². The molecule has 3 heterocycles. The van der Waals surface area contributed by atoms with Gasteiger partial charge in [-0.2, -0.15) is 0 Å². The van der Waals surface area contributed by atoms with Gasteiger partial charge < -0.3 is 19.4 Å². The van der Waals surface area contributed by atoms with Gasteiger partial charge >= 0.3 is 11.2 Å². The number of rotatable bonds is 7. The highest BCUT2D eigenvalue weighted by molar-refractivity contribution is 7.16. The maximum Gasteiger partial charge on any atom is 0.573 e. The number of carbonyl (C=O) groups is 1. The summed E-state index contributed by atoms with van der Waals surface area (Å²) in [7, 11) is 0. The van der Waals surface area contributed by atoms with Gasteiger partial charge in [-0.25, -0.2) is 8.78 Å². The van der Waals surface area contributed by atoms with Crippen molar-refractivity contribution in [2.75, 3.05) is 13.1 Å². The van der Waals surface area contributed by atoms with E-state index in [1.54, 1.807) is 42.5 Å². The van der Waals surface area contributed by atoms with Crippen molar-refractivity contribution >= 4 is 33.2 Å². The van der Waals surface area contributed by atoms with Crippen LogP contribution in [0.1, 0.15) is 24.1 Å². The summed E-state index contributed by atoms with van der Waals surface area (Å²) in [6.45, 7) is -0.0461. The van der Waals surface area contributed by atoms with Gasteiger partial charge in [-0.05, 0) is 48.0 Å². The second-order valence-corrected chi connectivity index (χ2v) is 10.8. The fourth-order valence-electron chi connectivity index (χ4n) is 5.16. The Hall–Kier alpha value is -4.52. The molecule has 13 heteroatoms. The number of nitrogens with one attached hydrogen (secondary N) is 1. The molecule has 0 radical (unpaired) electrons. The number of aliphatic imine (C=N–C) groups is 1.